The summed E-state index contributed by atoms with van der Waals surface area (Å²) < 4.78 is 0. The third-order valence-electron chi connectivity index (χ3n) is 9.58. The van der Waals surface area contributed by atoms with E-state index in [1.54, 1.807) is 0 Å². The second kappa shape index (κ2) is 5.71. The molecule has 4 aliphatic carbocycles. The monoisotopic (exact) mass is 334 g/mol. The van der Waals surface area contributed by atoms with Crippen LogP contribution in [0.4, 0.5) is 0 Å². The molecule has 9 unspecified atom stereocenters. The van der Waals surface area contributed by atoms with Crippen molar-refractivity contribution in [1.29, 1.82) is 0 Å². The fourth-order valence-corrected chi connectivity index (χ4v) is 8.34. The molecule has 0 bridgehead atoms. The van der Waals surface area contributed by atoms with Crippen molar-refractivity contribution < 1.29 is 10.2 Å². The fraction of sp³-hybridized carbons (Fsp3) is 1.00. The average molecular weight is 335 g/mol. The fourth-order valence-electron chi connectivity index (χ4n) is 8.34. The van der Waals surface area contributed by atoms with Gasteiger partial charge in [0.2, 0.25) is 0 Å². The van der Waals surface area contributed by atoms with Crippen molar-refractivity contribution in [3.05, 3.63) is 0 Å². The lowest BCUT2D eigenvalue weighted by Crippen LogP contribution is -2.61. The van der Waals surface area contributed by atoms with Crippen LogP contribution in [0, 0.1) is 46.3 Å². The van der Waals surface area contributed by atoms with Crippen molar-refractivity contribution in [3.63, 3.8) is 0 Å². The SMILES string of the molecule is CC(C)C1CCC2C3C(O)CC4CCCCC4(C)C3CC(O)C12C. The molecule has 0 heterocycles. The van der Waals surface area contributed by atoms with Gasteiger partial charge in [-0.3, -0.25) is 0 Å². The summed E-state index contributed by atoms with van der Waals surface area (Å²) in [5.41, 5.74) is 0.383. The average Bonchev–Trinajstić information content (AvgIpc) is 2.88. The van der Waals surface area contributed by atoms with Crippen LogP contribution in [0.2, 0.25) is 0 Å². The van der Waals surface area contributed by atoms with Crippen LogP contribution >= 0.6 is 0 Å². The largest absolute Gasteiger partial charge is 0.393 e. The van der Waals surface area contributed by atoms with Gasteiger partial charge in [-0.25, -0.2) is 0 Å². The molecule has 2 heteroatoms. The minimum atomic E-state index is -0.177. The molecule has 0 aliphatic heterocycles. The third-order valence-corrected chi connectivity index (χ3v) is 9.58. The molecule has 2 N–H and O–H groups in total. The summed E-state index contributed by atoms with van der Waals surface area (Å²) in [6, 6.07) is 0. The van der Waals surface area contributed by atoms with E-state index >= 15 is 0 Å². The second-order valence-electron chi connectivity index (χ2n) is 10.6. The van der Waals surface area contributed by atoms with E-state index in [1.807, 2.05) is 0 Å². The van der Waals surface area contributed by atoms with Gasteiger partial charge >= 0.3 is 0 Å². The van der Waals surface area contributed by atoms with Gasteiger partial charge in [-0.05, 0) is 84.9 Å². The van der Waals surface area contributed by atoms with Gasteiger partial charge in [-0.2, -0.15) is 0 Å². The van der Waals surface area contributed by atoms with Crippen molar-refractivity contribution in [2.75, 3.05) is 0 Å². The number of rotatable bonds is 1. The molecular formula is C22H38O2. The van der Waals surface area contributed by atoms with E-state index < -0.39 is 0 Å². The first kappa shape index (κ1) is 17.3. The molecule has 0 saturated heterocycles. The van der Waals surface area contributed by atoms with Gasteiger partial charge in [0.25, 0.3) is 0 Å². The lowest BCUT2D eigenvalue weighted by atomic mass is 9.43. The number of aliphatic hydroxyl groups excluding tert-OH is 2. The Morgan fingerprint density at radius 2 is 1.67 bits per heavy atom. The van der Waals surface area contributed by atoms with Gasteiger partial charge in [-0.1, -0.05) is 40.5 Å². The van der Waals surface area contributed by atoms with Gasteiger partial charge in [0, 0.05) is 0 Å². The molecule has 4 saturated carbocycles. The van der Waals surface area contributed by atoms with Crippen LogP contribution in [0.5, 0.6) is 0 Å². The molecule has 0 aromatic heterocycles. The van der Waals surface area contributed by atoms with Crippen LogP contribution in [0.25, 0.3) is 0 Å². The molecular weight excluding hydrogens is 296 g/mol. The van der Waals surface area contributed by atoms with Crippen LogP contribution in [0.1, 0.15) is 79.1 Å². The Morgan fingerprint density at radius 1 is 0.917 bits per heavy atom. The second-order valence-corrected chi connectivity index (χ2v) is 10.6. The maximum Gasteiger partial charge on any atom is 0.0602 e. The minimum absolute atomic E-state index is 0.0220. The summed E-state index contributed by atoms with van der Waals surface area (Å²) in [7, 11) is 0. The molecule has 2 nitrogen and oxygen atoms in total. The van der Waals surface area contributed by atoms with Crippen molar-refractivity contribution in [2.45, 2.75) is 91.3 Å². The summed E-state index contributed by atoms with van der Waals surface area (Å²) in [6.07, 6.45) is 9.40. The first-order valence-corrected chi connectivity index (χ1v) is 10.7. The normalized spacial score (nSPS) is 57.4. The molecule has 0 aromatic rings. The van der Waals surface area contributed by atoms with E-state index in [1.165, 1.54) is 38.5 Å². The highest BCUT2D eigenvalue weighted by atomic mass is 16.3. The van der Waals surface area contributed by atoms with Crippen molar-refractivity contribution in [1.82, 2.24) is 0 Å². The Kier molecular flexibility index (Phi) is 4.12. The van der Waals surface area contributed by atoms with E-state index in [4.69, 9.17) is 0 Å². The molecule has 4 aliphatic rings. The lowest BCUT2D eigenvalue weighted by Gasteiger charge is -2.63. The standard InChI is InChI=1S/C22H38O2/c1-13(2)15-8-9-16-20-17(12-19(24)22(15,16)4)21(3)10-6-5-7-14(21)11-18(20)23/h13-20,23-24H,5-12H2,1-4H3. The molecule has 0 radical (unpaired) electrons. The maximum absolute atomic E-state index is 11.3. The quantitative estimate of drug-likeness (QED) is 0.734. The molecule has 0 amide bonds. The molecule has 4 fully saturated rings. The van der Waals surface area contributed by atoms with Gasteiger partial charge in [0.05, 0.1) is 12.2 Å². The van der Waals surface area contributed by atoms with Crippen molar-refractivity contribution in [2.24, 2.45) is 46.3 Å². The third kappa shape index (κ3) is 2.14. The smallest absolute Gasteiger partial charge is 0.0602 e. The summed E-state index contributed by atoms with van der Waals surface area (Å²) in [5.74, 6) is 3.41. The van der Waals surface area contributed by atoms with Crippen LogP contribution in [-0.4, -0.2) is 22.4 Å². The zero-order valence-electron chi connectivity index (χ0n) is 16.2. The van der Waals surface area contributed by atoms with Crippen LogP contribution in [0.3, 0.4) is 0 Å². The molecule has 0 spiro atoms. The van der Waals surface area contributed by atoms with Gasteiger partial charge in [-0.15, -0.1) is 0 Å². The Balaban J connectivity index is 1.71. The number of fused-ring (bicyclic) bond motifs is 5. The van der Waals surface area contributed by atoms with Crippen LogP contribution in [-0.2, 0) is 0 Å². The maximum atomic E-state index is 11.3. The highest BCUT2D eigenvalue weighted by molar-refractivity contribution is 5.13. The van der Waals surface area contributed by atoms with Gasteiger partial charge < -0.3 is 10.2 Å². The van der Waals surface area contributed by atoms with Gasteiger partial charge in [0.15, 0.2) is 0 Å². The van der Waals surface area contributed by atoms with E-state index in [2.05, 4.69) is 27.7 Å². The summed E-state index contributed by atoms with van der Waals surface area (Å²) in [5, 5.41) is 22.5. The van der Waals surface area contributed by atoms with Gasteiger partial charge in [0.1, 0.15) is 0 Å². The summed E-state index contributed by atoms with van der Waals surface area (Å²) >= 11 is 0. The Hall–Kier alpha value is -0.0800. The van der Waals surface area contributed by atoms with E-state index in [9.17, 15) is 10.2 Å². The highest BCUT2D eigenvalue weighted by Crippen LogP contribution is 2.68. The summed E-state index contributed by atoms with van der Waals surface area (Å²) in [4.78, 5) is 0. The van der Waals surface area contributed by atoms with E-state index in [0.717, 1.165) is 12.8 Å². The molecule has 4 rings (SSSR count). The Bertz CT molecular complexity index is 488. The lowest BCUT2D eigenvalue weighted by molar-refractivity contribution is -0.200. The summed E-state index contributed by atoms with van der Waals surface area (Å²) in [6.45, 7) is 9.52. The van der Waals surface area contributed by atoms with E-state index in [0.29, 0.717) is 40.9 Å². The minimum Gasteiger partial charge on any atom is -0.393 e. The molecule has 138 valence electrons. The zero-order chi connectivity index (χ0) is 17.3. The highest BCUT2D eigenvalue weighted by Gasteiger charge is 2.65. The van der Waals surface area contributed by atoms with Crippen molar-refractivity contribution in [3.8, 4) is 0 Å². The number of hydrogen-bond acceptors (Lipinski definition) is 2. The Morgan fingerprint density at radius 3 is 2.38 bits per heavy atom. The first-order chi connectivity index (χ1) is 11.3. The van der Waals surface area contributed by atoms with Crippen LogP contribution < -0.4 is 0 Å². The molecule has 24 heavy (non-hydrogen) atoms. The zero-order valence-corrected chi connectivity index (χ0v) is 16.2. The number of hydrogen-bond donors (Lipinski definition) is 2. The van der Waals surface area contributed by atoms with Crippen LogP contribution in [0.15, 0.2) is 0 Å². The Labute approximate surface area is 148 Å². The van der Waals surface area contributed by atoms with Crippen molar-refractivity contribution >= 4 is 0 Å². The number of aliphatic hydroxyl groups is 2. The topological polar surface area (TPSA) is 40.5 Å². The predicted octanol–water partition coefficient (Wildman–Crippen LogP) is 4.63. The van der Waals surface area contributed by atoms with E-state index in [-0.39, 0.29) is 17.6 Å². The molecule has 9 atom stereocenters. The first-order valence-electron chi connectivity index (χ1n) is 10.7. The molecule has 0 aromatic carbocycles. The predicted molar refractivity (Wildman–Crippen MR) is 97.5 cm³/mol.